The Morgan fingerprint density at radius 3 is 1.16 bits per heavy atom. The van der Waals surface area contributed by atoms with Gasteiger partial charge in [-0.05, 0) is 34.4 Å². The number of pyridine rings is 2. The zero-order valence-corrected chi connectivity index (χ0v) is 41.9. The Balaban J connectivity index is 0.000000169. The van der Waals surface area contributed by atoms with Gasteiger partial charge in [0.05, 0.1) is 25.2 Å². The van der Waals surface area contributed by atoms with Crippen molar-refractivity contribution >= 4 is 23.6 Å². The van der Waals surface area contributed by atoms with Crippen molar-refractivity contribution in [3.05, 3.63) is 270 Å². The van der Waals surface area contributed by atoms with Crippen LogP contribution in [0.1, 0.15) is 99.4 Å². The number of amides is 4. The van der Waals surface area contributed by atoms with Crippen molar-refractivity contribution < 1.29 is 56.4 Å². The first kappa shape index (κ1) is 52.4. The van der Waals surface area contributed by atoms with E-state index < -0.39 is 117 Å². The number of hydrogen-bond acceptors (Lipinski definition) is 10. The number of halogens is 4. The smallest absolute Gasteiger partial charge is 0.277 e. The molecule has 0 unspecified atom stereocenters. The van der Waals surface area contributed by atoms with Crippen LogP contribution in [0.4, 0.5) is 17.6 Å². The van der Waals surface area contributed by atoms with E-state index in [0.717, 1.165) is 34.4 Å². The lowest BCUT2D eigenvalue weighted by Crippen LogP contribution is -2.47. The van der Waals surface area contributed by atoms with Gasteiger partial charge in [0.1, 0.15) is 46.6 Å². The lowest BCUT2D eigenvalue weighted by molar-refractivity contribution is -0.0159. The number of benzene rings is 6. The van der Waals surface area contributed by atoms with Crippen LogP contribution in [0.3, 0.4) is 0 Å². The van der Waals surface area contributed by atoms with E-state index in [0.29, 0.717) is 12.1 Å². The van der Waals surface area contributed by atoms with Crippen LogP contribution in [-0.4, -0.2) is 65.2 Å². The monoisotopic (exact) mass is 1090 g/mol. The second-order valence-electron chi connectivity index (χ2n) is 19.3. The number of carbonyl (C=O) groups is 4. The minimum atomic E-state index is -1.04. The second kappa shape index (κ2) is 21.6. The van der Waals surface area contributed by atoms with Gasteiger partial charge in [0, 0.05) is 48.7 Å². The van der Waals surface area contributed by atoms with Crippen molar-refractivity contribution in [3.63, 3.8) is 0 Å². The molecule has 2 fully saturated rings. The molecule has 4 aliphatic rings. The molecular weight excluding hydrogens is 1040 g/mol. The first-order valence-corrected chi connectivity index (χ1v) is 25.2. The lowest BCUT2D eigenvalue weighted by atomic mass is 9.94. The maximum Gasteiger partial charge on any atom is 0.277 e. The van der Waals surface area contributed by atoms with E-state index in [9.17, 15) is 56.5 Å². The zero-order chi connectivity index (χ0) is 55.9. The molecule has 8 aromatic rings. The Labute approximate surface area is 452 Å². The summed E-state index contributed by atoms with van der Waals surface area (Å²) in [5.41, 5.74) is -0.0351. The Morgan fingerprint density at radius 2 is 0.825 bits per heavy atom. The highest BCUT2D eigenvalue weighted by molar-refractivity contribution is 6.00. The number of carbonyl (C=O) groups excluding carboxylic acids is 4. The minimum absolute atomic E-state index is 0.0149. The molecular formula is C60H46F4N6O10. The summed E-state index contributed by atoms with van der Waals surface area (Å²) in [7, 11) is 0. The molecule has 6 heterocycles. The fraction of sp³-hybridized carbons (Fsp3) is 0.167. The van der Waals surface area contributed by atoms with Gasteiger partial charge in [-0.25, -0.2) is 17.6 Å². The second-order valence-corrected chi connectivity index (χ2v) is 19.3. The SMILES string of the molecule is O=C(NCc1ccc(F)cc1F)c1cn2c(c(O)c1=O)C(=O)N1[C@H](C2)O[C@@H](c2ccccc2)[C@H]1c1ccccc1.O=C(NCc1ccc(F)cc1F)c1cn2c(c(O)c1=O)C(=O)N1[C@H](c3ccccc3)[C@H](c3ccccc3)O[C@@H]1C2. The van der Waals surface area contributed by atoms with E-state index in [-0.39, 0.29) is 48.7 Å². The van der Waals surface area contributed by atoms with E-state index >= 15 is 0 Å². The zero-order valence-electron chi connectivity index (χ0n) is 41.9. The quantitative estimate of drug-likeness (QED) is 0.0970. The molecule has 0 bridgehead atoms. The Morgan fingerprint density at radius 1 is 0.487 bits per heavy atom. The molecule has 16 nitrogen and oxygen atoms in total. The average Bonchev–Trinajstić information content (AvgIpc) is 4.27. The van der Waals surface area contributed by atoms with Crippen LogP contribution in [0.15, 0.2) is 180 Å². The summed E-state index contributed by atoms with van der Waals surface area (Å²) < 4.78 is 69.8. The van der Waals surface area contributed by atoms with Crippen LogP contribution in [0.2, 0.25) is 0 Å². The van der Waals surface area contributed by atoms with Gasteiger partial charge in [0.15, 0.2) is 35.3 Å². The summed E-state index contributed by atoms with van der Waals surface area (Å²) in [6, 6.07) is 42.4. The van der Waals surface area contributed by atoms with Gasteiger partial charge in [-0.3, -0.25) is 38.6 Å². The van der Waals surface area contributed by atoms with Crippen LogP contribution in [-0.2, 0) is 35.7 Å². The first-order valence-electron chi connectivity index (χ1n) is 25.2. The molecule has 12 rings (SSSR count). The normalized spacial score (nSPS) is 19.7. The molecule has 4 N–H and O–H groups in total. The Bertz CT molecular complexity index is 3600. The summed E-state index contributed by atoms with van der Waals surface area (Å²) in [6.45, 7) is -0.533. The summed E-state index contributed by atoms with van der Waals surface area (Å²) in [5, 5.41) is 26.5. The van der Waals surface area contributed by atoms with Crippen LogP contribution in [0.25, 0.3) is 0 Å². The van der Waals surface area contributed by atoms with Crippen molar-refractivity contribution in [1.29, 1.82) is 0 Å². The predicted octanol–water partition coefficient (Wildman–Crippen LogP) is 8.11. The summed E-state index contributed by atoms with van der Waals surface area (Å²) >= 11 is 0. The van der Waals surface area contributed by atoms with E-state index in [1.165, 1.54) is 43.5 Å². The van der Waals surface area contributed by atoms with Gasteiger partial charge in [0.2, 0.25) is 10.9 Å². The maximum atomic E-state index is 14.0. The fourth-order valence-corrected chi connectivity index (χ4v) is 10.6. The highest BCUT2D eigenvalue weighted by Gasteiger charge is 2.52. The van der Waals surface area contributed by atoms with Gasteiger partial charge in [0.25, 0.3) is 23.6 Å². The third-order valence-electron chi connectivity index (χ3n) is 14.4. The molecule has 20 heteroatoms. The fourth-order valence-electron chi connectivity index (χ4n) is 10.6. The van der Waals surface area contributed by atoms with Crippen LogP contribution in [0.5, 0.6) is 11.5 Å². The van der Waals surface area contributed by atoms with Crippen molar-refractivity contribution in [2.45, 2.75) is 62.9 Å². The summed E-state index contributed by atoms with van der Waals surface area (Å²) in [4.78, 5) is 82.6. The third-order valence-corrected chi connectivity index (χ3v) is 14.4. The highest BCUT2D eigenvalue weighted by atomic mass is 19.1. The number of rotatable bonds is 10. The number of aromatic nitrogens is 2. The first-order chi connectivity index (χ1) is 38.7. The molecule has 2 saturated heterocycles. The topological polar surface area (TPSA) is 202 Å². The van der Waals surface area contributed by atoms with Crippen molar-refractivity contribution in [3.8, 4) is 11.5 Å². The number of nitrogens with one attached hydrogen (secondary N) is 2. The van der Waals surface area contributed by atoms with Crippen LogP contribution < -0.4 is 21.5 Å². The van der Waals surface area contributed by atoms with Gasteiger partial charge in [-0.2, -0.15) is 0 Å². The molecule has 0 aliphatic carbocycles. The Kier molecular flexibility index (Phi) is 14.2. The van der Waals surface area contributed by atoms with E-state index in [4.69, 9.17) is 9.47 Å². The van der Waals surface area contributed by atoms with E-state index in [1.807, 2.05) is 121 Å². The maximum absolute atomic E-state index is 14.0. The molecule has 2 aromatic heterocycles. The van der Waals surface area contributed by atoms with Crippen LogP contribution >= 0.6 is 0 Å². The van der Waals surface area contributed by atoms with E-state index in [1.54, 1.807) is 0 Å². The van der Waals surface area contributed by atoms with Crippen LogP contribution in [0, 0.1) is 23.3 Å². The van der Waals surface area contributed by atoms with E-state index in [2.05, 4.69) is 10.6 Å². The number of aromatic hydroxyl groups is 2. The molecule has 6 atom stereocenters. The highest BCUT2D eigenvalue weighted by Crippen LogP contribution is 2.49. The molecule has 4 aliphatic heterocycles. The molecule has 404 valence electrons. The largest absolute Gasteiger partial charge is 0.503 e. The standard InChI is InChI=1S/2C30H23F2N3O5/c2*31-20-12-11-19(22(32)13-20)14-33-29(38)21-15-34-16-23-35(30(39)25(34)27(37)26(21)36)24(17-7-3-1-4-8-17)28(40-23)18-9-5-2-6-10-18/h2*1-13,15,23-24,28,37H,14,16H2,(H,33,38)/t23-,24+,28-;23-,24-,28+/m01/s1. The van der Waals surface area contributed by atoms with Gasteiger partial charge in [-0.1, -0.05) is 133 Å². The number of hydrogen-bond donors (Lipinski definition) is 4. The van der Waals surface area contributed by atoms with Gasteiger partial charge >= 0.3 is 0 Å². The molecule has 0 radical (unpaired) electrons. The minimum Gasteiger partial charge on any atom is -0.503 e. The van der Waals surface area contributed by atoms with Gasteiger partial charge in [-0.15, -0.1) is 0 Å². The third kappa shape index (κ3) is 9.74. The number of ether oxygens (including phenoxy) is 2. The predicted molar refractivity (Wildman–Crippen MR) is 279 cm³/mol. The Hall–Kier alpha value is -9.66. The van der Waals surface area contributed by atoms with Crippen molar-refractivity contribution in [2.24, 2.45) is 0 Å². The molecule has 6 aromatic carbocycles. The molecule has 0 spiro atoms. The lowest BCUT2D eigenvalue weighted by Gasteiger charge is -2.35. The molecule has 80 heavy (non-hydrogen) atoms. The summed E-state index contributed by atoms with van der Waals surface area (Å²) in [6.07, 6.45) is -0.146. The number of fused-ring (bicyclic) bond motifs is 4. The summed E-state index contributed by atoms with van der Waals surface area (Å²) in [5.74, 6) is -7.94. The average molecular weight is 1090 g/mol. The van der Waals surface area contributed by atoms with Gasteiger partial charge < -0.3 is 39.5 Å². The number of nitrogens with zero attached hydrogens (tertiary/aromatic N) is 4. The molecule has 0 saturated carbocycles. The molecule has 4 amide bonds. The van der Waals surface area contributed by atoms with Crippen molar-refractivity contribution in [2.75, 3.05) is 0 Å². The van der Waals surface area contributed by atoms with Crippen molar-refractivity contribution in [1.82, 2.24) is 29.6 Å².